The molecular weight excluding hydrogens is 314 g/mol. The van der Waals surface area contributed by atoms with Crippen molar-refractivity contribution < 1.29 is 8.95 Å². The Morgan fingerprint density at radius 2 is 1.83 bits per heavy atom. The lowest BCUT2D eigenvalue weighted by atomic mass is 10.2. The zero-order valence-electron chi connectivity index (χ0n) is 12.3. The highest BCUT2D eigenvalue weighted by Gasteiger charge is 2.08. The molecule has 7 nitrogen and oxygen atoms in total. The van der Waals surface area contributed by atoms with Gasteiger partial charge in [0.15, 0.2) is 0 Å². The van der Waals surface area contributed by atoms with E-state index in [0.29, 0.717) is 11.4 Å². The minimum absolute atomic E-state index is 0.286. The van der Waals surface area contributed by atoms with Gasteiger partial charge in [0.25, 0.3) is 0 Å². The average Bonchev–Trinajstić information content (AvgIpc) is 2.54. The molecule has 0 fully saturated rings. The van der Waals surface area contributed by atoms with E-state index in [2.05, 4.69) is 15.3 Å². The van der Waals surface area contributed by atoms with Gasteiger partial charge in [-0.05, 0) is 36.4 Å². The SMILES string of the molecule is COc1nccc2c(Nc3ccc(S(=N)(N)=O)cc3)ccnc12. The Morgan fingerprint density at radius 3 is 2.48 bits per heavy atom. The lowest BCUT2D eigenvalue weighted by molar-refractivity contribution is 0.402. The van der Waals surface area contributed by atoms with Crippen LogP contribution in [-0.2, 0) is 9.92 Å². The summed E-state index contributed by atoms with van der Waals surface area (Å²) in [4.78, 5) is 8.71. The number of benzene rings is 1. The maximum atomic E-state index is 11.5. The molecule has 0 bridgehead atoms. The molecule has 4 N–H and O–H groups in total. The minimum atomic E-state index is -3.20. The summed E-state index contributed by atoms with van der Waals surface area (Å²) in [6.07, 6.45) is 3.32. The van der Waals surface area contributed by atoms with Crippen LogP contribution >= 0.6 is 0 Å². The molecule has 0 aliphatic rings. The van der Waals surface area contributed by atoms with Crippen molar-refractivity contribution in [2.75, 3.05) is 12.4 Å². The lowest BCUT2D eigenvalue weighted by Crippen LogP contribution is -2.09. The Balaban J connectivity index is 1.99. The van der Waals surface area contributed by atoms with Crippen molar-refractivity contribution in [2.24, 2.45) is 5.14 Å². The number of aromatic nitrogens is 2. The Kier molecular flexibility index (Phi) is 3.85. The van der Waals surface area contributed by atoms with Gasteiger partial charge < -0.3 is 10.1 Å². The van der Waals surface area contributed by atoms with E-state index in [1.807, 2.05) is 12.1 Å². The Hall–Kier alpha value is -2.71. The first-order valence-corrected chi connectivity index (χ1v) is 8.32. The smallest absolute Gasteiger partial charge is 0.240 e. The summed E-state index contributed by atoms with van der Waals surface area (Å²) in [6.45, 7) is 0. The fraction of sp³-hybridized carbons (Fsp3) is 0.0667. The quantitative estimate of drug-likeness (QED) is 0.681. The average molecular weight is 329 g/mol. The van der Waals surface area contributed by atoms with Crippen LogP contribution in [0.3, 0.4) is 0 Å². The van der Waals surface area contributed by atoms with Crippen LogP contribution in [-0.4, -0.2) is 21.3 Å². The summed E-state index contributed by atoms with van der Waals surface area (Å²) in [5.41, 5.74) is 2.27. The maximum Gasteiger partial charge on any atom is 0.240 e. The number of hydrogen-bond donors (Lipinski definition) is 3. The second-order valence-electron chi connectivity index (χ2n) is 4.82. The fourth-order valence-electron chi connectivity index (χ4n) is 2.21. The van der Waals surface area contributed by atoms with E-state index >= 15 is 0 Å². The topological polar surface area (TPSA) is 114 Å². The van der Waals surface area contributed by atoms with Gasteiger partial charge in [-0.2, -0.15) is 0 Å². The molecule has 1 aromatic carbocycles. The monoisotopic (exact) mass is 329 g/mol. The van der Waals surface area contributed by atoms with Gasteiger partial charge in [-0.3, -0.25) is 4.98 Å². The fourth-order valence-corrected chi connectivity index (χ4v) is 2.75. The second-order valence-corrected chi connectivity index (χ2v) is 6.50. The van der Waals surface area contributed by atoms with Gasteiger partial charge in [0, 0.05) is 29.2 Å². The maximum absolute atomic E-state index is 11.5. The molecule has 118 valence electrons. The minimum Gasteiger partial charge on any atom is -0.479 e. The molecule has 2 aromatic heterocycles. The summed E-state index contributed by atoms with van der Waals surface area (Å²) in [5.74, 6) is 0.457. The number of fused-ring (bicyclic) bond motifs is 1. The van der Waals surface area contributed by atoms with Crippen molar-refractivity contribution in [1.82, 2.24) is 9.97 Å². The summed E-state index contributed by atoms with van der Waals surface area (Å²) in [7, 11) is -1.65. The number of anilines is 2. The van der Waals surface area contributed by atoms with Crippen LogP contribution in [0.4, 0.5) is 11.4 Å². The van der Waals surface area contributed by atoms with Crippen LogP contribution in [0, 0.1) is 4.78 Å². The standard InChI is InChI=1S/C15H15N5O2S/c1-22-15-14-12(6-8-19-15)13(7-9-18-14)20-10-2-4-11(5-3-10)23(16,17)21/h2-9H,1H3,(H,18,20)(H3,16,17,21). The summed E-state index contributed by atoms with van der Waals surface area (Å²) in [5, 5.41) is 9.44. The zero-order valence-corrected chi connectivity index (χ0v) is 13.1. The summed E-state index contributed by atoms with van der Waals surface area (Å²) < 4.78 is 24.1. The van der Waals surface area contributed by atoms with Crippen molar-refractivity contribution in [3.8, 4) is 5.88 Å². The van der Waals surface area contributed by atoms with E-state index in [1.165, 1.54) is 0 Å². The van der Waals surface area contributed by atoms with Crippen LogP contribution in [0.2, 0.25) is 0 Å². The highest BCUT2D eigenvalue weighted by molar-refractivity contribution is 7.90. The first-order chi connectivity index (χ1) is 11.0. The van der Waals surface area contributed by atoms with Crippen LogP contribution < -0.4 is 15.2 Å². The van der Waals surface area contributed by atoms with Gasteiger partial charge in [0.05, 0.1) is 12.0 Å². The number of hydrogen-bond acceptors (Lipinski definition) is 6. The molecule has 0 radical (unpaired) electrons. The molecule has 2 heterocycles. The predicted octanol–water partition coefficient (Wildman–Crippen LogP) is 2.66. The van der Waals surface area contributed by atoms with E-state index in [1.54, 1.807) is 43.8 Å². The molecule has 0 aliphatic carbocycles. The normalized spacial score (nSPS) is 13.5. The molecule has 0 saturated heterocycles. The van der Waals surface area contributed by atoms with E-state index in [-0.39, 0.29) is 4.90 Å². The molecule has 1 atom stereocenters. The van der Waals surface area contributed by atoms with E-state index in [0.717, 1.165) is 16.8 Å². The number of pyridine rings is 2. The molecule has 3 aromatic rings. The molecule has 1 unspecified atom stereocenters. The van der Waals surface area contributed by atoms with Crippen molar-refractivity contribution in [3.05, 3.63) is 48.8 Å². The molecule has 0 spiro atoms. The third-order valence-electron chi connectivity index (χ3n) is 3.30. The third-order valence-corrected chi connectivity index (χ3v) is 4.28. The van der Waals surface area contributed by atoms with E-state index < -0.39 is 9.92 Å². The Morgan fingerprint density at radius 1 is 1.13 bits per heavy atom. The van der Waals surface area contributed by atoms with E-state index in [4.69, 9.17) is 14.7 Å². The van der Waals surface area contributed by atoms with Crippen LogP contribution in [0.25, 0.3) is 10.9 Å². The van der Waals surface area contributed by atoms with E-state index in [9.17, 15) is 4.21 Å². The number of ether oxygens (including phenoxy) is 1. The molecular formula is C15H15N5O2S. The van der Waals surface area contributed by atoms with Crippen LogP contribution in [0.5, 0.6) is 5.88 Å². The number of nitrogens with one attached hydrogen (secondary N) is 2. The number of nitrogens with zero attached hydrogens (tertiary/aromatic N) is 2. The third kappa shape index (κ3) is 3.08. The highest BCUT2D eigenvalue weighted by Crippen LogP contribution is 2.29. The van der Waals surface area contributed by atoms with Gasteiger partial charge in [0.1, 0.15) is 15.4 Å². The van der Waals surface area contributed by atoms with Gasteiger partial charge in [0.2, 0.25) is 5.88 Å². The molecule has 0 amide bonds. The van der Waals surface area contributed by atoms with Crippen LogP contribution in [0.1, 0.15) is 0 Å². The predicted molar refractivity (Wildman–Crippen MR) is 89.1 cm³/mol. The van der Waals surface area contributed by atoms with Crippen LogP contribution in [0.15, 0.2) is 53.7 Å². The number of methoxy groups -OCH3 is 1. The second kappa shape index (κ2) is 5.82. The number of rotatable bonds is 4. The molecule has 0 aliphatic heterocycles. The molecule has 23 heavy (non-hydrogen) atoms. The number of nitrogens with two attached hydrogens (primary N) is 1. The van der Waals surface area contributed by atoms with Crippen molar-refractivity contribution in [1.29, 1.82) is 4.78 Å². The Bertz CT molecular complexity index is 955. The van der Waals surface area contributed by atoms with Gasteiger partial charge in [-0.1, -0.05) is 0 Å². The molecule has 0 saturated carbocycles. The van der Waals surface area contributed by atoms with Gasteiger partial charge in [-0.15, -0.1) is 0 Å². The Labute approximate surface area is 133 Å². The van der Waals surface area contributed by atoms with Crippen molar-refractivity contribution >= 4 is 32.2 Å². The zero-order chi connectivity index (χ0) is 16.4. The highest BCUT2D eigenvalue weighted by atomic mass is 32.2. The first-order valence-electron chi connectivity index (χ1n) is 6.70. The molecule has 8 heteroatoms. The lowest BCUT2D eigenvalue weighted by Gasteiger charge is -2.11. The van der Waals surface area contributed by atoms with Crippen molar-refractivity contribution in [3.63, 3.8) is 0 Å². The first kappa shape index (κ1) is 15.2. The largest absolute Gasteiger partial charge is 0.479 e. The van der Waals surface area contributed by atoms with Gasteiger partial charge in [-0.25, -0.2) is 19.1 Å². The van der Waals surface area contributed by atoms with Crippen molar-refractivity contribution in [2.45, 2.75) is 4.90 Å². The molecule has 3 rings (SSSR count). The van der Waals surface area contributed by atoms with Gasteiger partial charge >= 0.3 is 0 Å². The summed E-state index contributed by atoms with van der Waals surface area (Å²) >= 11 is 0. The summed E-state index contributed by atoms with van der Waals surface area (Å²) in [6, 6.07) is 10.3.